The summed E-state index contributed by atoms with van der Waals surface area (Å²) in [7, 11) is 0. The smallest absolute Gasteiger partial charge is 0.313 e. The first-order valence-corrected chi connectivity index (χ1v) is 6.15. The molecule has 0 spiro atoms. The van der Waals surface area contributed by atoms with Crippen molar-refractivity contribution >= 4 is 0 Å². The third-order valence-corrected chi connectivity index (χ3v) is 2.87. The Morgan fingerprint density at radius 2 is 1.94 bits per heavy atom. The van der Waals surface area contributed by atoms with Crippen LogP contribution in [0.25, 0.3) is 0 Å². The van der Waals surface area contributed by atoms with Crippen LogP contribution in [0.1, 0.15) is 36.7 Å². The molecule has 0 atom stereocenters. The van der Waals surface area contributed by atoms with Crippen molar-refractivity contribution in [1.29, 1.82) is 0 Å². The predicted molar refractivity (Wildman–Crippen MR) is 64.4 cm³/mol. The summed E-state index contributed by atoms with van der Waals surface area (Å²) in [4.78, 5) is 0. The second kappa shape index (κ2) is 6.22. The molecule has 0 saturated heterocycles. The molecule has 0 aromatic carbocycles. The van der Waals surface area contributed by atoms with Gasteiger partial charge in [0.25, 0.3) is 0 Å². The van der Waals surface area contributed by atoms with E-state index >= 15 is 0 Å². The van der Waals surface area contributed by atoms with Gasteiger partial charge in [-0.1, -0.05) is 13.3 Å². The lowest BCUT2D eigenvalue weighted by atomic mass is 10.2. The van der Waals surface area contributed by atoms with E-state index in [-0.39, 0.29) is 0 Å². The van der Waals surface area contributed by atoms with Gasteiger partial charge in [0.2, 0.25) is 0 Å². The van der Waals surface area contributed by atoms with Crippen LogP contribution in [-0.2, 0) is 13.1 Å². The van der Waals surface area contributed by atoms with Crippen LogP contribution in [0.3, 0.4) is 0 Å². The SMILES string of the molecule is CCCCNCc1c(C)nn(CC(F)(F)F)c1C. The number of hydrogen-bond donors (Lipinski definition) is 1. The highest BCUT2D eigenvalue weighted by Gasteiger charge is 2.29. The highest BCUT2D eigenvalue weighted by Crippen LogP contribution is 2.20. The van der Waals surface area contributed by atoms with Gasteiger partial charge in [-0.05, 0) is 26.8 Å². The quantitative estimate of drug-likeness (QED) is 0.800. The molecule has 6 heteroatoms. The second-order valence-electron chi connectivity index (χ2n) is 4.45. The topological polar surface area (TPSA) is 29.9 Å². The predicted octanol–water partition coefficient (Wildman–Crippen LogP) is 2.95. The van der Waals surface area contributed by atoms with Gasteiger partial charge >= 0.3 is 6.18 Å². The second-order valence-corrected chi connectivity index (χ2v) is 4.45. The van der Waals surface area contributed by atoms with E-state index in [1.54, 1.807) is 13.8 Å². The van der Waals surface area contributed by atoms with E-state index in [0.717, 1.165) is 29.6 Å². The summed E-state index contributed by atoms with van der Waals surface area (Å²) in [6.07, 6.45) is -2.07. The van der Waals surface area contributed by atoms with Crippen molar-refractivity contribution in [3.8, 4) is 0 Å². The number of rotatable bonds is 6. The Balaban J connectivity index is 2.69. The number of hydrogen-bond acceptors (Lipinski definition) is 2. The zero-order valence-corrected chi connectivity index (χ0v) is 11.1. The maximum Gasteiger partial charge on any atom is 0.408 e. The zero-order valence-electron chi connectivity index (χ0n) is 11.1. The largest absolute Gasteiger partial charge is 0.408 e. The molecule has 1 heterocycles. The molecule has 1 aromatic rings. The molecular formula is C12H20F3N3. The van der Waals surface area contributed by atoms with Crippen LogP contribution in [0, 0.1) is 13.8 Å². The van der Waals surface area contributed by atoms with Gasteiger partial charge < -0.3 is 5.32 Å². The number of nitrogens with zero attached hydrogens (tertiary/aromatic N) is 2. The van der Waals surface area contributed by atoms with Gasteiger partial charge in [-0.15, -0.1) is 0 Å². The summed E-state index contributed by atoms with van der Waals surface area (Å²) in [5, 5.41) is 7.18. The Labute approximate surface area is 105 Å². The highest BCUT2D eigenvalue weighted by molar-refractivity contribution is 5.24. The summed E-state index contributed by atoms with van der Waals surface area (Å²) in [5.74, 6) is 0. The van der Waals surface area contributed by atoms with Gasteiger partial charge in [0.15, 0.2) is 0 Å². The van der Waals surface area contributed by atoms with E-state index in [9.17, 15) is 13.2 Å². The summed E-state index contributed by atoms with van der Waals surface area (Å²) in [6, 6.07) is 0. The first-order chi connectivity index (χ1) is 8.35. The molecule has 104 valence electrons. The van der Waals surface area contributed by atoms with Gasteiger partial charge in [0.1, 0.15) is 6.54 Å². The number of unbranched alkanes of at least 4 members (excludes halogenated alkanes) is 1. The molecule has 0 bridgehead atoms. The van der Waals surface area contributed by atoms with Crippen molar-refractivity contribution in [2.24, 2.45) is 0 Å². The monoisotopic (exact) mass is 263 g/mol. The fourth-order valence-electron chi connectivity index (χ4n) is 1.83. The zero-order chi connectivity index (χ0) is 13.8. The molecule has 0 aliphatic heterocycles. The van der Waals surface area contributed by atoms with Crippen molar-refractivity contribution in [3.05, 3.63) is 17.0 Å². The normalized spacial score (nSPS) is 12.1. The van der Waals surface area contributed by atoms with Crippen molar-refractivity contribution in [2.45, 2.75) is 52.9 Å². The molecule has 18 heavy (non-hydrogen) atoms. The molecule has 0 amide bonds. The Morgan fingerprint density at radius 1 is 1.28 bits per heavy atom. The summed E-state index contributed by atoms with van der Waals surface area (Å²) < 4.78 is 38.0. The Morgan fingerprint density at radius 3 is 2.50 bits per heavy atom. The average Bonchev–Trinajstić information content (AvgIpc) is 2.48. The van der Waals surface area contributed by atoms with Gasteiger partial charge in [0, 0.05) is 17.8 Å². The summed E-state index contributed by atoms with van der Waals surface area (Å²) in [5.41, 5.74) is 2.13. The van der Waals surface area contributed by atoms with E-state index in [4.69, 9.17) is 0 Å². The standard InChI is InChI=1S/C12H20F3N3/c1-4-5-6-16-7-11-9(2)17-18(10(11)3)8-12(13,14)15/h16H,4-8H2,1-3H3. The minimum Gasteiger partial charge on any atom is -0.313 e. The van der Waals surface area contributed by atoms with Crippen LogP contribution in [0.5, 0.6) is 0 Å². The van der Waals surface area contributed by atoms with Crippen molar-refractivity contribution < 1.29 is 13.2 Å². The van der Waals surface area contributed by atoms with Crippen LogP contribution in [0.4, 0.5) is 13.2 Å². The average molecular weight is 263 g/mol. The third-order valence-electron chi connectivity index (χ3n) is 2.87. The maximum absolute atomic E-state index is 12.3. The molecule has 1 N–H and O–H groups in total. The lowest BCUT2D eigenvalue weighted by Gasteiger charge is -2.09. The molecule has 0 unspecified atom stereocenters. The van der Waals surface area contributed by atoms with Gasteiger partial charge in [-0.2, -0.15) is 18.3 Å². The van der Waals surface area contributed by atoms with E-state index in [0.29, 0.717) is 17.9 Å². The van der Waals surface area contributed by atoms with Gasteiger partial charge in [-0.25, -0.2) is 0 Å². The Kier molecular flexibility index (Phi) is 5.19. The lowest BCUT2D eigenvalue weighted by molar-refractivity contribution is -0.142. The van der Waals surface area contributed by atoms with Crippen LogP contribution in [0.15, 0.2) is 0 Å². The number of aromatic nitrogens is 2. The van der Waals surface area contributed by atoms with Crippen LogP contribution < -0.4 is 5.32 Å². The van der Waals surface area contributed by atoms with Crippen LogP contribution in [0.2, 0.25) is 0 Å². The third kappa shape index (κ3) is 4.33. The first-order valence-electron chi connectivity index (χ1n) is 6.15. The molecule has 0 radical (unpaired) electrons. The van der Waals surface area contributed by atoms with E-state index < -0.39 is 12.7 Å². The van der Waals surface area contributed by atoms with Crippen LogP contribution in [-0.4, -0.2) is 22.5 Å². The lowest BCUT2D eigenvalue weighted by Crippen LogP contribution is -2.20. The molecule has 1 aromatic heterocycles. The first kappa shape index (κ1) is 15.0. The number of nitrogens with one attached hydrogen (secondary N) is 1. The van der Waals surface area contributed by atoms with Crippen molar-refractivity contribution in [2.75, 3.05) is 6.54 Å². The Hall–Kier alpha value is -1.04. The minimum absolute atomic E-state index is 0.579. The maximum atomic E-state index is 12.3. The molecule has 0 fully saturated rings. The molecule has 0 aliphatic rings. The van der Waals surface area contributed by atoms with Gasteiger partial charge in [0.05, 0.1) is 5.69 Å². The Bertz CT molecular complexity index is 383. The molecule has 0 aliphatic carbocycles. The van der Waals surface area contributed by atoms with E-state index in [1.165, 1.54) is 0 Å². The van der Waals surface area contributed by atoms with E-state index in [2.05, 4.69) is 17.3 Å². The van der Waals surface area contributed by atoms with Crippen molar-refractivity contribution in [1.82, 2.24) is 15.1 Å². The molecule has 0 saturated carbocycles. The number of aryl methyl sites for hydroxylation is 1. The minimum atomic E-state index is -4.23. The summed E-state index contributed by atoms with van der Waals surface area (Å²) >= 11 is 0. The highest BCUT2D eigenvalue weighted by atomic mass is 19.4. The van der Waals surface area contributed by atoms with Crippen LogP contribution >= 0.6 is 0 Å². The summed E-state index contributed by atoms with van der Waals surface area (Å²) in [6.45, 7) is 5.96. The fourth-order valence-corrected chi connectivity index (χ4v) is 1.83. The number of alkyl halides is 3. The molecule has 3 nitrogen and oxygen atoms in total. The van der Waals surface area contributed by atoms with Gasteiger partial charge in [-0.3, -0.25) is 4.68 Å². The molecular weight excluding hydrogens is 243 g/mol. The van der Waals surface area contributed by atoms with E-state index in [1.807, 2.05) is 0 Å². The van der Waals surface area contributed by atoms with Crippen molar-refractivity contribution in [3.63, 3.8) is 0 Å². The molecule has 1 rings (SSSR count). The fraction of sp³-hybridized carbons (Fsp3) is 0.750. The number of halogens is 3.